The number of benzene rings is 1. The summed E-state index contributed by atoms with van der Waals surface area (Å²) in [6.07, 6.45) is -0.735. The molecule has 0 amide bonds. The minimum Gasteiger partial charge on any atom is -0.386 e. The Kier molecular flexibility index (Phi) is 5.57. The molecule has 0 aliphatic carbocycles. The highest BCUT2D eigenvalue weighted by molar-refractivity contribution is 7.89. The van der Waals surface area contributed by atoms with E-state index in [1.54, 1.807) is 30.3 Å². The summed E-state index contributed by atoms with van der Waals surface area (Å²) in [6.45, 7) is 4.62. The van der Waals surface area contributed by atoms with Gasteiger partial charge in [0.05, 0.1) is 4.90 Å². The molecule has 22 heavy (non-hydrogen) atoms. The van der Waals surface area contributed by atoms with Gasteiger partial charge in [0.1, 0.15) is 6.10 Å². The lowest BCUT2D eigenvalue weighted by atomic mass is 10.0. The fraction of sp³-hybridized carbons (Fsp3) is 0.600. The Labute approximate surface area is 131 Å². The van der Waals surface area contributed by atoms with Crippen molar-refractivity contribution in [1.82, 2.24) is 4.31 Å². The third-order valence-corrected chi connectivity index (χ3v) is 5.63. The summed E-state index contributed by atoms with van der Waals surface area (Å²) in [5, 5.41) is 10.4. The van der Waals surface area contributed by atoms with Gasteiger partial charge in [-0.15, -0.1) is 0 Å². The maximum atomic E-state index is 12.6. The maximum Gasteiger partial charge on any atom is 0.243 e. The average molecular weight is 329 g/mol. The van der Waals surface area contributed by atoms with Crippen molar-refractivity contribution in [2.75, 3.05) is 26.3 Å². The molecule has 1 aromatic rings. The molecule has 1 aromatic carbocycles. The summed E-state index contributed by atoms with van der Waals surface area (Å²) in [5.41, 5.74) is 0. The van der Waals surface area contributed by atoms with Crippen LogP contribution in [-0.2, 0) is 19.5 Å². The third-order valence-electron chi connectivity index (χ3n) is 3.75. The van der Waals surface area contributed by atoms with Gasteiger partial charge in [-0.2, -0.15) is 4.31 Å². The Bertz CT molecular complexity index is 569. The van der Waals surface area contributed by atoms with Crippen LogP contribution >= 0.6 is 0 Å². The number of sulfonamides is 1. The van der Waals surface area contributed by atoms with E-state index in [-0.39, 0.29) is 18.0 Å². The molecule has 124 valence electrons. The predicted molar refractivity (Wildman–Crippen MR) is 81.8 cm³/mol. The van der Waals surface area contributed by atoms with Crippen LogP contribution < -0.4 is 0 Å². The Balaban J connectivity index is 2.19. The van der Waals surface area contributed by atoms with Gasteiger partial charge in [-0.1, -0.05) is 18.2 Å². The molecular weight excluding hydrogens is 306 g/mol. The molecule has 1 aliphatic heterocycles. The van der Waals surface area contributed by atoms with E-state index in [2.05, 4.69) is 0 Å². The molecule has 1 atom stereocenters. The van der Waals surface area contributed by atoms with Gasteiger partial charge in [0.25, 0.3) is 0 Å². The van der Waals surface area contributed by atoms with Gasteiger partial charge in [-0.05, 0) is 26.0 Å². The van der Waals surface area contributed by atoms with Crippen LogP contribution in [-0.4, -0.2) is 56.0 Å². The van der Waals surface area contributed by atoms with Crippen molar-refractivity contribution >= 4 is 10.0 Å². The minimum absolute atomic E-state index is 0.0444. The summed E-state index contributed by atoms with van der Waals surface area (Å²) in [4.78, 5) is 0.225. The highest BCUT2D eigenvalue weighted by Crippen LogP contribution is 2.31. The van der Waals surface area contributed by atoms with E-state index < -0.39 is 21.9 Å². The molecule has 1 saturated heterocycles. The van der Waals surface area contributed by atoms with Crippen molar-refractivity contribution in [3.05, 3.63) is 30.3 Å². The largest absolute Gasteiger partial charge is 0.386 e. The monoisotopic (exact) mass is 329 g/mol. The lowest BCUT2D eigenvalue weighted by Gasteiger charge is -2.43. The van der Waals surface area contributed by atoms with Crippen LogP contribution in [0.25, 0.3) is 0 Å². The molecule has 0 aromatic heterocycles. The van der Waals surface area contributed by atoms with Crippen molar-refractivity contribution in [2.45, 2.75) is 37.1 Å². The second-order valence-corrected chi connectivity index (χ2v) is 7.06. The standard InChI is InChI=1S/C15H23NO5S/c1-3-20-15(21-4-2)10-11-16(12-14(15)17)22(18,19)13-8-6-5-7-9-13/h5-9,14,17H,3-4,10-12H2,1-2H3. The first-order valence-electron chi connectivity index (χ1n) is 7.47. The van der Waals surface area contributed by atoms with Crippen LogP contribution in [0.5, 0.6) is 0 Å². The lowest BCUT2D eigenvalue weighted by molar-refractivity contribution is -0.293. The quantitative estimate of drug-likeness (QED) is 0.794. The minimum atomic E-state index is -3.61. The third kappa shape index (κ3) is 3.33. The topological polar surface area (TPSA) is 76.1 Å². The van der Waals surface area contributed by atoms with Crippen molar-refractivity contribution in [3.8, 4) is 0 Å². The molecule has 6 nitrogen and oxygen atoms in total. The van der Waals surface area contributed by atoms with Gasteiger partial charge < -0.3 is 14.6 Å². The highest BCUT2D eigenvalue weighted by Gasteiger charge is 2.46. The number of hydrogen-bond donors (Lipinski definition) is 1. The summed E-state index contributed by atoms with van der Waals surface area (Å²) in [5.74, 6) is -1.12. The van der Waals surface area contributed by atoms with Crippen LogP contribution in [0.15, 0.2) is 35.2 Å². The molecule has 0 spiro atoms. The summed E-state index contributed by atoms with van der Waals surface area (Å²) >= 11 is 0. The van der Waals surface area contributed by atoms with Crippen molar-refractivity contribution in [2.24, 2.45) is 0 Å². The normalized spacial score (nSPS) is 22.6. The van der Waals surface area contributed by atoms with E-state index in [0.29, 0.717) is 19.6 Å². The first-order valence-corrected chi connectivity index (χ1v) is 8.91. The molecule has 0 saturated carbocycles. The number of rotatable bonds is 6. The molecule has 1 aliphatic rings. The molecule has 0 radical (unpaired) electrons. The summed E-state index contributed by atoms with van der Waals surface area (Å²) < 4.78 is 37.7. The lowest BCUT2D eigenvalue weighted by Crippen LogP contribution is -2.59. The van der Waals surface area contributed by atoms with Gasteiger partial charge in [0.15, 0.2) is 5.79 Å². The fourth-order valence-corrected chi connectivity index (χ4v) is 4.17. The zero-order valence-corrected chi connectivity index (χ0v) is 13.8. The zero-order chi connectivity index (χ0) is 16.2. The molecule has 1 unspecified atom stereocenters. The van der Waals surface area contributed by atoms with E-state index in [0.717, 1.165) is 0 Å². The van der Waals surface area contributed by atoms with Gasteiger partial charge in [0.2, 0.25) is 10.0 Å². The van der Waals surface area contributed by atoms with Gasteiger partial charge in [0, 0.05) is 32.7 Å². The Morgan fingerprint density at radius 1 is 1.23 bits per heavy atom. The van der Waals surface area contributed by atoms with Crippen molar-refractivity contribution in [1.29, 1.82) is 0 Å². The molecule has 1 fully saturated rings. The number of ether oxygens (including phenoxy) is 2. The number of aliphatic hydroxyl groups is 1. The number of piperidine rings is 1. The number of β-amino-alcohol motifs (C(OH)–C–C–N with tert-alkyl or cyclic N) is 1. The molecule has 2 rings (SSSR count). The van der Waals surface area contributed by atoms with Crippen LogP contribution in [0.2, 0.25) is 0 Å². The number of aliphatic hydroxyl groups excluding tert-OH is 1. The molecule has 7 heteroatoms. The van der Waals surface area contributed by atoms with Crippen molar-refractivity contribution < 1.29 is 23.0 Å². The van der Waals surface area contributed by atoms with E-state index in [1.165, 1.54) is 4.31 Å². The maximum absolute atomic E-state index is 12.6. The van der Waals surface area contributed by atoms with Crippen LogP contribution in [0.4, 0.5) is 0 Å². The zero-order valence-electron chi connectivity index (χ0n) is 12.9. The smallest absolute Gasteiger partial charge is 0.243 e. The highest BCUT2D eigenvalue weighted by atomic mass is 32.2. The SMILES string of the molecule is CCOC1(OCC)CCN(S(=O)(=O)c2ccccc2)CC1O. The summed E-state index contributed by atoms with van der Waals surface area (Å²) in [7, 11) is -3.61. The average Bonchev–Trinajstić information content (AvgIpc) is 2.51. The molecule has 0 bridgehead atoms. The van der Waals surface area contributed by atoms with Gasteiger partial charge >= 0.3 is 0 Å². The summed E-state index contributed by atoms with van der Waals surface area (Å²) in [6, 6.07) is 8.22. The van der Waals surface area contributed by atoms with Crippen molar-refractivity contribution in [3.63, 3.8) is 0 Å². The molecule has 1 heterocycles. The predicted octanol–water partition coefficient (Wildman–Crippen LogP) is 1.21. The fourth-order valence-electron chi connectivity index (χ4n) is 2.70. The van der Waals surface area contributed by atoms with E-state index in [4.69, 9.17) is 9.47 Å². The first kappa shape index (κ1) is 17.4. The number of nitrogens with zero attached hydrogens (tertiary/aromatic N) is 1. The number of hydrogen-bond acceptors (Lipinski definition) is 5. The van der Waals surface area contributed by atoms with E-state index >= 15 is 0 Å². The molecule has 1 N–H and O–H groups in total. The second kappa shape index (κ2) is 7.06. The van der Waals surface area contributed by atoms with Crippen LogP contribution in [0.1, 0.15) is 20.3 Å². The van der Waals surface area contributed by atoms with Gasteiger partial charge in [-0.3, -0.25) is 0 Å². The Morgan fingerprint density at radius 2 is 1.82 bits per heavy atom. The van der Waals surface area contributed by atoms with Crippen LogP contribution in [0, 0.1) is 0 Å². The Morgan fingerprint density at radius 3 is 2.32 bits per heavy atom. The van der Waals surface area contributed by atoms with E-state index in [9.17, 15) is 13.5 Å². The first-order chi connectivity index (χ1) is 10.5. The Hall–Kier alpha value is -0.990. The second-order valence-electron chi connectivity index (χ2n) is 5.12. The van der Waals surface area contributed by atoms with E-state index in [1.807, 2.05) is 13.8 Å². The van der Waals surface area contributed by atoms with Gasteiger partial charge in [-0.25, -0.2) is 8.42 Å². The molecular formula is C15H23NO5S. The van der Waals surface area contributed by atoms with Crippen LogP contribution in [0.3, 0.4) is 0 Å².